The third-order valence-corrected chi connectivity index (χ3v) is 4.55. The molecule has 0 radical (unpaired) electrons. The van der Waals surface area contributed by atoms with Crippen LogP contribution in [-0.2, 0) is 4.79 Å². The van der Waals surface area contributed by atoms with Crippen molar-refractivity contribution < 1.29 is 4.79 Å². The summed E-state index contributed by atoms with van der Waals surface area (Å²) in [7, 11) is 0. The molecule has 3 heterocycles. The van der Waals surface area contributed by atoms with Crippen LogP contribution in [0.15, 0.2) is 0 Å². The largest absolute Gasteiger partial charge is 0.340 e. The Morgan fingerprint density at radius 3 is 2.63 bits per heavy atom. The van der Waals surface area contributed by atoms with E-state index in [1.165, 1.54) is 19.4 Å². The van der Waals surface area contributed by atoms with E-state index in [4.69, 9.17) is 0 Å². The smallest absolute Gasteiger partial charge is 0.227 e. The molecule has 3 saturated heterocycles. The van der Waals surface area contributed by atoms with Gasteiger partial charge in [-0.15, -0.1) is 24.8 Å². The third-order valence-electron chi connectivity index (χ3n) is 4.55. The zero-order chi connectivity index (χ0) is 11.7. The summed E-state index contributed by atoms with van der Waals surface area (Å²) in [4.78, 5) is 17.1. The number of carbonyl (C=O) groups excluding carboxylic acids is 1. The molecule has 0 saturated carbocycles. The maximum Gasteiger partial charge on any atom is 0.227 e. The van der Waals surface area contributed by atoms with Gasteiger partial charge in [0.2, 0.25) is 5.91 Å². The Bertz CT molecular complexity index is 298. The Balaban J connectivity index is 0.000000902. The van der Waals surface area contributed by atoms with Gasteiger partial charge >= 0.3 is 0 Å². The highest BCUT2D eigenvalue weighted by molar-refractivity contribution is 5.85. The second kappa shape index (κ2) is 7.67. The topological polar surface area (TPSA) is 35.6 Å². The van der Waals surface area contributed by atoms with Crippen molar-refractivity contribution in [2.45, 2.75) is 31.7 Å². The van der Waals surface area contributed by atoms with Crippen molar-refractivity contribution in [2.24, 2.45) is 5.92 Å². The molecule has 3 rings (SSSR count). The second-order valence-corrected chi connectivity index (χ2v) is 5.66. The number of amides is 1. The van der Waals surface area contributed by atoms with Crippen molar-refractivity contribution in [3.63, 3.8) is 0 Å². The van der Waals surface area contributed by atoms with Crippen LogP contribution in [0.25, 0.3) is 0 Å². The van der Waals surface area contributed by atoms with Gasteiger partial charge in [0.25, 0.3) is 0 Å². The summed E-state index contributed by atoms with van der Waals surface area (Å²) in [6.45, 7) is 6.25. The van der Waals surface area contributed by atoms with E-state index in [-0.39, 0.29) is 30.7 Å². The van der Waals surface area contributed by atoms with Crippen LogP contribution in [0.4, 0.5) is 0 Å². The van der Waals surface area contributed by atoms with Gasteiger partial charge in [-0.3, -0.25) is 9.69 Å². The van der Waals surface area contributed by atoms with E-state index in [0.717, 1.165) is 45.6 Å². The van der Waals surface area contributed by atoms with Gasteiger partial charge in [-0.1, -0.05) is 0 Å². The number of piperidine rings is 1. The highest BCUT2D eigenvalue weighted by Gasteiger charge is 2.34. The number of hydrogen-bond acceptors (Lipinski definition) is 3. The zero-order valence-electron chi connectivity index (χ0n) is 11.3. The molecule has 0 aromatic carbocycles. The van der Waals surface area contributed by atoms with E-state index in [1.807, 2.05) is 0 Å². The number of nitrogens with one attached hydrogen (secondary N) is 1. The van der Waals surface area contributed by atoms with Crippen LogP contribution in [-0.4, -0.2) is 61.0 Å². The maximum atomic E-state index is 12.4. The van der Waals surface area contributed by atoms with Gasteiger partial charge in [0.15, 0.2) is 0 Å². The first-order valence-electron chi connectivity index (χ1n) is 7.08. The molecule has 0 aromatic heterocycles. The van der Waals surface area contributed by atoms with Gasteiger partial charge in [-0.2, -0.15) is 0 Å². The summed E-state index contributed by atoms with van der Waals surface area (Å²) in [6.07, 6.45) is 4.83. The minimum absolute atomic E-state index is 0. The predicted octanol–water partition coefficient (Wildman–Crippen LogP) is 1.14. The molecule has 1 N–H and O–H groups in total. The number of halogens is 2. The molecular weight excluding hydrogens is 285 g/mol. The van der Waals surface area contributed by atoms with Gasteiger partial charge in [0.1, 0.15) is 0 Å². The highest BCUT2D eigenvalue weighted by atomic mass is 35.5. The minimum Gasteiger partial charge on any atom is -0.340 e. The van der Waals surface area contributed by atoms with E-state index >= 15 is 0 Å². The molecule has 6 heteroatoms. The van der Waals surface area contributed by atoms with Crippen LogP contribution in [0.5, 0.6) is 0 Å². The van der Waals surface area contributed by atoms with E-state index < -0.39 is 0 Å². The van der Waals surface area contributed by atoms with E-state index in [1.54, 1.807) is 0 Å². The van der Waals surface area contributed by atoms with E-state index in [9.17, 15) is 4.79 Å². The SMILES string of the molecule is Cl.Cl.O=C(C1CCCNC1)N1CCN2CCCC2C1. The number of nitrogens with zero attached hydrogens (tertiary/aromatic N) is 2. The lowest BCUT2D eigenvalue weighted by Crippen LogP contribution is -2.54. The molecule has 0 aromatic rings. The fourth-order valence-corrected chi connectivity index (χ4v) is 3.51. The summed E-state index contributed by atoms with van der Waals surface area (Å²) in [5.41, 5.74) is 0. The summed E-state index contributed by atoms with van der Waals surface area (Å²) in [6, 6.07) is 0.657. The highest BCUT2D eigenvalue weighted by Crippen LogP contribution is 2.23. The van der Waals surface area contributed by atoms with Crippen LogP contribution in [0.2, 0.25) is 0 Å². The van der Waals surface area contributed by atoms with Crippen molar-refractivity contribution in [1.82, 2.24) is 15.1 Å². The molecule has 4 nitrogen and oxygen atoms in total. The van der Waals surface area contributed by atoms with Gasteiger partial charge in [0, 0.05) is 32.2 Å². The molecule has 112 valence electrons. The van der Waals surface area contributed by atoms with Crippen LogP contribution in [0.1, 0.15) is 25.7 Å². The first-order chi connectivity index (χ1) is 8.34. The molecule has 0 spiro atoms. The molecule has 3 aliphatic heterocycles. The van der Waals surface area contributed by atoms with Crippen LogP contribution < -0.4 is 5.32 Å². The molecule has 19 heavy (non-hydrogen) atoms. The lowest BCUT2D eigenvalue weighted by Gasteiger charge is -2.39. The lowest BCUT2D eigenvalue weighted by molar-refractivity contribution is -0.138. The summed E-state index contributed by atoms with van der Waals surface area (Å²) >= 11 is 0. The number of hydrogen-bond donors (Lipinski definition) is 1. The van der Waals surface area contributed by atoms with Crippen molar-refractivity contribution in [2.75, 3.05) is 39.3 Å². The first kappa shape index (κ1) is 17.0. The monoisotopic (exact) mass is 309 g/mol. The molecule has 2 unspecified atom stereocenters. The number of fused-ring (bicyclic) bond motifs is 1. The number of piperazine rings is 1. The Labute approximate surface area is 128 Å². The zero-order valence-corrected chi connectivity index (χ0v) is 13.0. The fraction of sp³-hybridized carbons (Fsp3) is 0.923. The Morgan fingerprint density at radius 2 is 1.89 bits per heavy atom. The number of rotatable bonds is 1. The van der Waals surface area contributed by atoms with E-state index in [2.05, 4.69) is 15.1 Å². The molecule has 3 fully saturated rings. The van der Waals surface area contributed by atoms with Gasteiger partial charge < -0.3 is 10.2 Å². The van der Waals surface area contributed by atoms with Gasteiger partial charge in [-0.25, -0.2) is 0 Å². The van der Waals surface area contributed by atoms with Gasteiger partial charge in [-0.05, 0) is 38.8 Å². The molecular formula is C13H25Cl2N3O. The van der Waals surface area contributed by atoms with Crippen molar-refractivity contribution in [1.29, 1.82) is 0 Å². The molecule has 3 aliphatic rings. The quantitative estimate of drug-likeness (QED) is 0.789. The van der Waals surface area contributed by atoms with E-state index in [0.29, 0.717) is 11.9 Å². The molecule has 2 atom stereocenters. The fourth-order valence-electron chi connectivity index (χ4n) is 3.51. The van der Waals surface area contributed by atoms with Crippen LogP contribution in [0.3, 0.4) is 0 Å². The van der Waals surface area contributed by atoms with Crippen molar-refractivity contribution >= 4 is 30.7 Å². The van der Waals surface area contributed by atoms with Crippen molar-refractivity contribution in [3.8, 4) is 0 Å². The first-order valence-corrected chi connectivity index (χ1v) is 7.08. The van der Waals surface area contributed by atoms with Gasteiger partial charge in [0.05, 0.1) is 5.92 Å². The second-order valence-electron chi connectivity index (χ2n) is 5.66. The lowest BCUT2D eigenvalue weighted by atomic mass is 9.97. The summed E-state index contributed by atoms with van der Waals surface area (Å²) in [5, 5.41) is 3.34. The predicted molar refractivity (Wildman–Crippen MR) is 81.3 cm³/mol. The minimum atomic E-state index is 0. The molecule has 1 amide bonds. The maximum absolute atomic E-state index is 12.4. The van der Waals surface area contributed by atoms with Crippen LogP contribution >= 0.6 is 24.8 Å². The van der Waals surface area contributed by atoms with Crippen LogP contribution in [0, 0.1) is 5.92 Å². The average Bonchev–Trinajstić information content (AvgIpc) is 2.86. The third kappa shape index (κ3) is 3.75. The Kier molecular flexibility index (Phi) is 6.87. The average molecular weight is 310 g/mol. The standard InChI is InChI=1S/C13H23N3O.2ClH/c17-13(11-3-1-5-14-9-11)16-8-7-15-6-2-4-12(15)10-16;;/h11-12,14H,1-10H2;2*1H. The molecule has 0 aliphatic carbocycles. The Morgan fingerprint density at radius 1 is 1.05 bits per heavy atom. The molecule has 0 bridgehead atoms. The Hall–Kier alpha value is -0.0300. The summed E-state index contributed by atoms with van der Waals surface area (Å²) in [5.74, 6) is 0.653. The van der Waals surface area contributed by atoms with Crippen molar-refractivity contribution in [3.05, 3.63) is 0 Å². The number of carbonyl (C=O) groups is 1. The normalized spacial score (nSPS) is 31.1. The summed E-state index contributed by atoms with van der Waals surface area (Å²) < 4.78 is 0.